The second-order valence-electron chi connectivity index (χ2n) is 4.89. The fraction of sp³-hybridized carbons (Fsp3) is 0.0526. The van der Waals surface area contributed by atoms with Gasteiger partial charge in [-0.25, -0.2) is 9.97 Å². The van der Waals surface area contributed by atoms with Gasteiger partial charge >= 0.3 is 0 Å². The van der Waals surface area contributed by atoms with Gasteiger partial charge in [0, 0.05) is 22.3 Å². The minimum absolute atomic E-state index is 0.380. The van der Waals surface area contributed by atoms with Crippen molar-refractivity contribution in [1.82, 2.24) is 9.97 Å². The highest BCUT2D eigenvalue weighted by molar-refractivity contribution is 6.30. The van der Waals surface area contributed by atoms with Crippen LogP contribution in [-0.2, 0) is 0 Å². The maximum absolute atomic E-state index is 6.12. The Hall–Kier alpha value is -2.83. The van der Waals surface area contributed by atoms with Crippen LogP contribution in [0.15, 0.2) is 60.8 Å². The third-order valence-corrected chi connectivity index (χ3v) is 3.56. The molecule has 0 aliphatic carbocycles. The Morgan fingerprint density at radius 3 is 2.57 bits per heavy atom. The number of nitrogens with one attached hydrogen (secondary N) is 1. The van der Waals surface area contributed by atoms with Crippen molar-refractivity contribution in [2.75, 3.05) is 11.9 Å². The topological polar surface area (TPSA) is 37.8 Å². The van der Waals surface area contributed by atoms with Crippen molar-refractivity contribution in [2.45, 2.75) is 0 Å². The van der Waals surface area contributed by atoms with Crippen molar-refractivity contribution in [3.05, 3.63) is 65.8 Å². The fourth-order valence-electron chi connectivity index (χ4n) is 2.28. The van der Waals surface area contributed by atoms with Crippen molar-refractivity contribution in [2.24, 2.45) is 0 Å². The Balaban J connectivity index is 2.13. The van der Waals surface area contributed by atoms with Crippen molar-refractivity contribution in [3.8, 4) is 34.7 Å². The first-order valence-corrected chi connectivity index (χ1v) is 7.51. The van der Waals surface area contributed by atoms with Gasteiger partial charge in [0.2, 0.25) is 5.95 Å². The Kier molecular flexibility index (Phi) is 4.56. The summed E-state index contributed by atoms with van der Waals surface area (Å²) >= 11 is 6.12. The van der Waals surface area contributed by atoms with Crippen LogP contribution in [0.5, 0.6) is 0 Å². The second-order valence-corrected chi connectivity index (χ2v) is 5.33. The third kappa shape index (κ3) is 3.50. The van der Waals surface area contributed by atoms with Crippen molar-refractivity contribution < 1.29 is 0 Å². The quantitative estimate of drug-likeness (QED) is 0.719. The predicted molar refractivity (Wildman–Crippen MR) is 95.2 cm³/mol. The molecule has 0 amide bonds. The first-order chi connectivity index (χ1) is 11.3. The molecule has 4 heteroatoms. The molecule has 0 aliphatic heterocycles. The molecule has 0 spiro atoms. The zero-order chi connectivity index (χ0) is 16.1. The fourth-order valence-corrected chi connectivity index (χ4v) is 2.47. The summed E-state index contributed by atoms with van der Waals surface area (Å²) in [4.78, 5) is 8.97. The van der Waals surface area contributed by atoms with Gasteiger partial charge < -0.3 is 5.32 Å². The smallest absolute Gasteiger partial charge is 0.223 e. The van der Waals surface area contributed by atoms with Crippen molar-refractivity contribution >= 4 is 17.5 Å². The van der Waals surface area contributed by atoms with Gasteiger partial charge in [0.1, 0.15) is 0 Å². The van der Waals surface area contributed by atoms with Crippen LogP contribution < -0.4 is 5.32 Å². The van der Waals surface area contributed by atoms with Crippen LogP contribution >= 0.6 is 11.6 Å². The average Bonchev–Trinajstić information content (AvgIpc) is 2.60. The molecule has 1 heterocycles. The summed E-state index contributed by atoms with van der Waals surface area (Å²) in [5, 5.41) is 3.69. The van der Waals surface area contributed by atoms with Gasteiger partial charge in [-0.3, -0.25) is 0 Å². The summed E-state index contributed by atoms with van der Waals surface area (Å²) in [6.45, 7) is 0.380. The number of benzene rings is 2. The molecule has 0 radical (unpaired) electrons. The molecule has 1 N–H and O–H groups in total. The Morgan fingerprint density at radius 1 is 1.04 bits per heavy atom. The van der Waals surface area contributed by atoms with E-state index in [2.05, 4.69) is 21.2 Å². The molecule has 0 unspecified atom stereocenters. The summed E-state index contributed by atoms with van der Waals surface area (Å²) < 4.78 is 0. The molecule has 0 saturated carbocycles. The molecule has 0 bridgehead atoms. The van der Waals surface area contributed by atoms with Gasteiger partial charge in [-0.1, -0.05) is 60.0 Å². The van der Waals surface area contributed by atoms with Crippen LogP contribution in [0.1, 0.15) is 0 Å². The number of anilines is 1. The number of halogens is 1. The lowest BCUT2D eigenvalue weighted by Crippen LogP contribution is -2.04. The molecule has 112 valence electrons. The van der Waals surface area contributed by atoms with E-state index in [1.807, 2.05) is 54.6 Å². The molecule has 3 rings (SSSR count). The SMILES string of the molecule is C#CCNc1ncc(-c2cccc(Cl)c2)c(-c2ccccc2)n1. The van der Waals surface area contributed by atoms with E-state index in [0.29, 0.717) is 17.5 Å². The zero-order valence-electron chi connectivity index (χ0n) is 12.3. The van der Waals surface area contributed by atoms with Crippen LogP contribution in [0.4, 0.5) is 5.95 Å². The number of hydrogen-bond donors (Lipinski definition) is 1. The van der Waals surface area contributed by atoms with E-state index in [-0.39, 0.29) is 0 Å². The Bertz CT molecular complexity index is 854. The van der Waals surface area contributed by atoms with E-state index < -0.39 is 0 Å². The van der Waals surface area contributed by atoms with Gasteiger partial charge in [0.15, 0.2) is 0 Å². The molecule has 0 aliphatic rings. The van der Waals surface area contributed by atoms with Crippen LogP contribution in [0.3, 0.4) is 0 Å². The van der Waals surface area contributed by atoms with Crippen molar-refractivity contribution in [3.63, 3.8) is 0 Å². The molecule has 2 aromatic carbocycles. The lowest BCUT2D eigenvalue weighted by molar-refractivity contribution is 1.13. The highest BCUT2D eigenvalue weighted by Gasteiger charge is 2.11. The van der Waals surface area contributed by atoms with E-state index in [1.54, 1.807) is 6.20 Å². The largest absolute Gasteiger partial charge is 0.343 e. The number of hydrogen-bond acceptors (Lipinski definition) is 3. The molecule has 1 aromatic heterocycles. The molecular formula is C19H14ClN3. The molecule has 0 fully saturated rings. The molecule has 3 aromatic rings. The summed E-state index contributed by atoms with van der Waals surface area (Å²) in [6, 6.07) is 17.6. The average molecular weight is 320 g/mol. The lowest BCUT2D eigenvalue weighted by atomic mass is 10.0. The normalized spacial score (nSPS) is 10.1. The molecule has 0 atom stereocenters. The van der Waals surface area contributed by atoms with E-state index in [4.69, 9.17) is 18.0 Å². The zero-order valence-corrected chi connectivity index (χ0v) is 13.1. The third-order valence-electron chi connectivity index (χ3n) is 3.32. The maximum Gasteiger partial charge on any atom is 0.223 e. The molecule has 3 nitrogen and oxygen atoms in total. The highest BCUT2D eigenvalue weighted by atomic mass is 35.5. The predicted octanol–water partition coefficient (Wildman–Crippen LogP) is 4.51. The van der Waals surface area contributed by atoms with Crippen LogP contribution in [0, 0.1) is 12.3 Å². The molecular weight excluding hydrogens is 306 g/mol. The highest BCUT2D eigenvalue weighted by Crippen LogP contribution is 2.31. The van der Waals surface area contributed by atoms with Crippen LogP contribution in [0.2, 0.25) is 5.02 Å². The minimum atomic E-state index is 0.380. The number of rotatable bonds is 4. The van der Waals surface area contributed by atoms with Gasteiger partial charge in [0.25, 0.3) is 0 Å². The van der Waals surface area contributed by atoms with E-state index in [0.717, 1.165) is 22.4 Å². The minimum Gasteiger partial charge on any atom is -0.343 e. The second kappa shape index (κ2) is 6.95. The van der Waals surface area contributed by atoms with E-state index in [1.165, 1.54) is 0 Å². The van der Waals surface area contributed by atoms with Crippen molar-refractivity contribution in [1.29, 1.82) is 0 Å². The maximum atomic E-state index is 6.12. The van der Waals surface area contributed by atoms with Gasteiger partial charge in [-0.15, -0.1) is 6.42 Å². The van der Waals surface area contributed by atoms with E-state index in [9.17, 15) is 0 Å². The number of terminal acetylenes is 1. The monoisotopic (exact) mass is 319 g/mol. The first-order valence-electron chi connectivity index (χ1n) is 7.13. The Morgan fingerprint density at radius 2 is 1.83 bits per heavy atom. The molecule has 0 saturated heterocycles. The van der Waals surface area contributed by atoms with Crippen LogP contribution in [0.25, 0.3) is 22.4 Å². The van der Waals surface area contributed by atoms with Gasteiger partial charge in [-0.05, 0) is 17.7 Å². The number of nitrogens with zero attached hydrogens (tertiary/aromatic N) is 2. The van der Waals surface area contributed by atoms with Gasteiger partial charge in [-0.2, -0.15) is 0 Å². The molecule has 23 heavy (non-hydrogen) atoms. The van der Waals surface area contributed by atoms with E-state index >= 15 is 0 Å². The standard InChI is InChI=1S/C19H14ClN3/c1-2-11-21-19-22-13-17(15-9-6-10-16(20)12-15)18(23-19)14-7-4-3-5-8-14/h1,3-10,12-13H,11H2,(H,21,22,23). The summed E-state index contributed by atoms with van der Waals surface area (Å²) in [5.41, 5.74) is 3.74. The van der Waals surface area contributed by atoms with Crippen LogP contribution in [-0.4, -0.2) is 16.5 Å². The first kappa shape index (κ1) is 15.1. The summed E-state index contributed by atoms with van der Waals surface area (Å²) in [7, 11) is 0. The Labute approximate surface area is 140 Å². The summed E-state index contributed by atoms with van der Waals surface area (Å²) in [5.74, 6) is 3.03. The lowest BCUT2D eigenvalue weighted by Gasteiger charge is -2.11. The number of aromatic nitrogens is 2. The van der Waals surface area contributed by atoms with Gasteiger partial charge in [0.05, 0.1) is 12.2 Å². The summed E-state index contributed by atoms with van der Waals surface area (Å²) in [6.07, 6.45) is 7.07.